The number of nitrogens with zero attached hydrogens (tertiary/aromatic N) is 4. The molecule has 3 aliphatic heterocycles. The number of amides is 2. The fourth-order valence-electron chi connectivity index (χ4n) is 9.35. The zero-order valence-corrected chi connectivity index (χ0v) is 33.0. The standard InChI is InChI=1S/C44H49ClN8O3/c1-4-37-35(39(49-34-12-14-56-15-13-34)36-23-48-53(5-2)41(36)50-37)22-47-43(55)31-11-7-10-30(19-31)42(54)46-21-28-17-32(20-33(45)18-28)29-9-6-8-27(16-29)24-52-25-38-44(51-38)26(3)40(44)52/h6-11,16-20,23,26,34,38,40,51H,4-5,12-15,21-22,24-25H2,1-3H3,(H,46,54)(H,47,55)(H,49,50)/t26-,38?,40+,44?/m1/s1. The van der Waals surface area contributed by atoms with Crippen LogP contribution < -0.4 is 21.3 Å². The highest BCUT2D eigenvalue weighted by Gasteiger charge is 2.82. The quantitative estimate of drug-likeness (QED) is 0.102. The smallest absolute Gasteiger partial charge is 0.251 e. The molecule has 0 bridgehead atoms. The predicted octanol–water partition coefficient (Wildman–Crippen LogP) is 6.33. The van der Waals surface area contributed by atoms with Crippen molar-refractivity contribution >= 4 is 40.1 Å². The normalized spacial score (nSPS) is 22.8. The summed E-state index contributed by atoms with van der Waals surface area (Å²) in [5.41, 5.74) is 9.16. The Morgan fingerprint density at radius 2 is 1.70 bits per heavy atom. The molecule has 0 radical (unpaired) electrons. The number of benzene rings is 3. The summed E-state index contributed by atoms with van der Waals surface area (Å²) in [7, 11) is 0. The van der Waals surface area contributed by atoms with E-state index < -0.39 is 0 Å². The van der Waals surface area contributed by atoms with Gasteiger partial charge in [0.1, 0.15) is 0 Å². The lowest BCUT2D eigenvalue weighted by atomic mass is 10.0. The minimum atomic E-state index is -0.271. The lowest BCUT2D eigenvalue weighted by Crippen LogP contribution is -2.30. The monoisotopic (exact) mass is 772 g/mol. The average molecular weight is 773 g/mol. The van der Waals surface area contributed by atoms with Gasteiger partial charge in [-0.3, -0.25) is 14.5 Å². The lowest BCUT2D eigenvalue weighted by molar-refractivity contribution is 0.0904. The number of nitrogens with one attached hydrogen (secondary N) is 4. The van der Waals surface area contributed by atoms with Crippen molar-refractivity contribution in [1.82, 2.24) is 35.6 Å². The number of fused-ring (bicyclic) bond motifs is 1. The van der Waals surface area contributed by atoms with E-state index in [2.05, 4.69) is 82.4 Å². The molecule has 2 amide bonds. The fourth-order valence-corrected chi connectivity index (χ4v) is 9.61. The van der Waals surface area contributed by atoms with Gasteiger partial charge in [-0.15, -0.1) is 0 Å². The van der Waals surface area contributed by atoms with Gasteiger partial charge < -0.3 is 26.0 Å². The first-order chi connectivity index (χ1) is 27.2. The molecule has 290 valence electrons. The van der Waals surface area contributed by atoms with Crippen LogP contribution in [0.4, 0.5) is 5.69 Å². The van der Waals surface area contributed by atoms with Crippen LogP contribution >= 0.6 is 11.6 Å². The molecule has 12 heteroatoms. The Morgan fingerprint density at radius 1 is 0.946 bits per heavy atom. The number of likely N-dealkylation sites (tertiary alicyclic amines) is 1. The predicted molar refractivity (Wildman–Crippen MR) is 219 cm³/mol. The van der Waals surface area contributed by atoms with Crippen molar-refractivity contribution < 1.29 is 14.3 Å². The Hall–Kier alpha value is -4.81. The van der Waals surface area contributed by atoms with E-state index >= 15 is 0 Å². The number of ether oxygens (including phenoxy) is 1. The maximum atomic E-state index is 13.6. The number of hydrogen-bond acceptors (Lipinski definition) is 8. The third-order valence-corrected chi connectivity index (χ3v) is 12.6. The van der Waals surface area contributed by atoms with Gasteiger partial charge in [0, 0.05) is 91.5 Å². The molecule has 11 nitrogen and oxygen atoms in total. The molecular weight excluding hydrogens is 724 g/mol. The molecule has 4 N–H and O–H groups in total. The van der Waals surface area contributed by atoms with E-state index in [9.17, 15) is 9.59 Å². The lowest BCUT2D eigenvalue weighted by Gasteiger charge is -2.26. The van der Waals surface area contributed by atoms with E-state index in [1.165, 1.54) is 5.56 Å². The molecule has 4 atom stereocenters. The highest BCUT2D eigenvalue weighted by molar-refractivity contribution is 6.31. The molecule has 5 heterocycles. The third-order valence-electron chi connectivity index (χ3n) is 12.4. The number of carbonyl (C=O) groups is 2. The van der Waals surface area contributed by atoms with Crippen LogP contribution in [0.15, 0.2) is 72.9 Å². The largest absolute Gasteiger partial charge is 0.381 e. The van der Waals surface area contributed by atoms with Crippen molar-refractivity contribution in [2.75, 3.05) is 25.1 Å². The topological polar surface area (TPSA) is 135 Å². The molecule has 4 aliphatic rings. The first-order valence-electron chi connectivity index (χ1n) is 20.0. The Balaban J connectivity index is 0.861. The Labute approximate surface area is 332 Å². The van der Waals surface area contributed by atoms with Crippen LogP contribution in [0.1, 0.15) is 76.7 Å². The number of aryl methyl sites for hydroxylation is 2. The molecule has 3 aromatic carbocycles. The van der Waals surface area contributed by atoms with Gasteiger partial charge in [-0.1, -0.05) is 49.7 Å². The van der Waals surface area contributed by atoms with Gasteiger partial charge in [0.15, 0.2) is 5.65 Å². The van der Waals surface area contributed by atoms with Crippen LogP contribution in [0.25, 0.3) is 22.2 Å². The summed E-state index contributed by atoms with van der Waals surface area (Å²) < 4.78 is 7.51. The minimum Gasteiger partial charge on any atom is -0.381 e. The van der Waals surface area contributed by atoms with Gasteiger partial charge in [-0.25, -0.2) is 9.67 Å². The van der Waals surface area contributed by atoms with Crippen LogP contribution in [0, 0.1) is 5.92 Å². The first kappa shape index (κ1) is 36.8. The molecule has 2 unspecified atom stereocenters. The second kappa shape index (κ2) is 14.9. The Morgan fingerprint density at radius 3 is 2.43 bits per heavy atom. The summed E-state index contributed by atoms with van der Waals surface area (Å²) >= 11 is 6.62. The molecule has 1 saturated carbocycles. The van der Waals surface area contributed by atoms with Gasteiger partial charge in [0.05, 0.1) is 22.8 Å². The molecule has 3 saturated heterocycles. The molecule has 56 heavy (non-hydrogen) atoms. The maximum absolute atomic E-state index is 13.6. The molecule has 9 rings (SSSR count). The molecule has 1 spiro atoms. The number of halogens is 1. The Kier molecular flexibility index (Phi) is 9.81. The summed E-state index contributed by atoms with van der Waals surface area (Å²) in [6.45, 7) is 11.2. The summed E-state index contributed by atoms with van der Waals surface area (Å²) in [6.07, 6.45) is 4.36. The van der Waals surface area contributed by atoms with E-state index in [1.54, 1.807) is 24.3 Å². The van der Waals surface area contributed by atoms with Gasteiger partial charge in [0.2, 0.25) is 0 Å². The van der Waals surface area contributed by atoms with Gasteiger partial charge in [0.25, 0.3) is 11.8 Å². The average Bonchev–Trinajstić information content (AvgIpc) is 3.95. The fraction of sp³-hybridized carbons (Fsp3) is 0.409. The number of rotatable bonds is 13. The zero-order valence-electron chi connectivity index (χ0n) is 32.2. The number of hydrogen-bond donors (Lipinski definition) is 4. The summed E-state index contributed by atoms with van der Waals surface area (Å²) in [5.74, 6) is 0.186. The number of anilines is 1. The maximum Gasteiger partial charge on any atom is 0.251 e. The van der Waals surface area contributed by atoms with E-state index in [0.29, 0.717) is 66.5 Å². The van der Waals surface area contributed by atoms with Crippen molar-refractivity contribution in [3.8, 4) is 11.1 Å². The number of piperidine rings is 1. The van der Waals surface area contributed by atoms with Gasteiger partial charge in [-0.2, -0.15) is 5.10 Å². The van der Waals surface area contributed by atoms with Crippen molar-refractivity contribution in [3.63, 3.8) is 0 Å². The summed E-state index contributed by atoms with van der Waals surface area (Å²) in [5, 5.41) is 19.8. The van der Waals surface area contributed by atoms with Gasteiger partial charge >= 0.3 is 0 Å². The molecule has 5 aromatic rings. The van der Waals surface area contributed by atoms with Crippen LogP contribution in [0.5, 0.6) is 0 Å². The third kappa shape index (κ3) is 6.84. The van der Waals surface area contributed by atoms with Crippen LogP contribution in [-0.2, 0) is 37.3 Å². The minimum absolute atomic E-state index is 0.251. The first-order valence-corrected chi connectivity index (χ1v) is 20.4. The number of aromatic nitrogens is 3. The second-order valence-corrected chi connectivity index (χ2v) is 16.2. The second-order valence-electron chi connectivity index (χ2n) is 15.8. The summed E-state index contributed by atoms with van der Waals surface area (Å²) in [4.78, 5) is 34.7. The molecule has 1 aliphatic carbocycles. The molecular formula is C44H49ClN8O3. The zero-order chi connectivity index (χ0) is 38.6. The van der Waals surface area contributed by atoms with Gasteiger partial charge in [-0.05, 0) is 96.8 Å². The van der Waals surface area contributed by atoms with E-state index in [4.69, 9.17) is 21.3 Å². The molecule has 2 aromatic heterocycles. The van der Waals surface area contributed by atoms with Crippen molar-refractivity contribution in [2.24, 2.45) is 5.92 Å². The van der Waals surface area contributed by atoms with Crippen molar-refractivity contribution in [3.05, 3.63) is 111 Å². The summed E-state index contributed by atoms with van der Waals surface area (Å²) in [6, 6.07) is 23.0. The highest BCUT2D eigenvalue weighted by Crippen LogP contribution is 2.63. The van der Waals surface area contributed by atoms with E-state index in [-0.39, 0.29) is 24.4 Å². The van der Waals surface area contributed by atoms with Crippen molar-refractivity contribution in [2.45, 2.75) is 89.9 Å². The van der Waals surface area contributed by atoms with Crippen LogP contribution in [0.3, 0.4) is 0 Å². The SMILES string of the molecule is CCc1nc2c(cnn2CC)c(NC2CCOCC2)c1CNC(=O)c1cccc(C(=O)NCc2cc(Cl)cc(-c3cccc(CN4CC5NC56[C@H](C)[C@H]46)c3)c2)c1. The number of piperazine rings is 1. The Bertz CT molecular complexity index is 2320. The van der Waals surface area contributed by atoms with Crippen LogP contribution in [-0.4, -0.2) is 74.9 Å². The van der Waals surface area contributed by atoms with E-state index in [0.717, 1.165) is 76.5 Å². The van der Waals surface area contributed by atoms with Crippen LogP contribution in [0.2, 0.25) is 5.02 Å². The van der Waals surface area contributed by atoms with E-state index in [1.807, 2.05) is 23.0 Å². The molecule has 4 fully saturated rings. The number of pyridine rings is 1. The highest BCUT2D eigenvalue weighted by atomic mass is 35.5. The van der Waals surface area contributed by atoms with Crippen molar-refractivity contribution in [1.29, 1.82) is 0 Å². The number of carbonyl (C=O) groups excluding carboxylic acids is 2.